The van der Waals surface area contributed by atoms with Crippen molar-refractivity contribution in [2.45, 2.75) is 0 Å². The topological polar surface area (TPSA) is 89.1 Å². The number of carboxylic acid groups (broad SMARTS) is 1. The van der Waals surface area contributed by atoms with E-state index in [4.69, 9.17) is 10.8 Å². The lowest BCUT2D eigenvalue weighted by Gasteiger charge is -2.05. The Morgan fingerprint density at radius 1 is 1.29 bits per heavy atom. The second-order valence-electron chi connectivity index (χ2n) is 3.30. The molecule has 1 aromatic heterocycles. The molecule has 1 heterocycles. The van der Waals surface area contributed by atoms with Crippen LogP contribution in [0.3, 0.4) is 0 Å². The zero-order valence-corrected chi connectivity index (χ0v) is 8.59. The van der Waals surface area contributed by atoms with Crippen LogP contribution in [-0.4, -0.2) is 21.0 Å². The summed E-state index contributed by atoms with van der Waals surface area (Å²) in [5, 5.41) is 8.76. The number of nitrogens with zero attached hydrogens (tertiary/aromatic N) is 2. The Morgan fingerprint density at radius 2 is 1.94 bits per heavy atom. The Balaban J connectivity index is 2.57. The van der Waals surface area contributed by atoms with Crippen LogP contribution in [0.2, 0.25) is 0 Å². The average Bonchev–Trinajstić information content (AvgIpc) is 2.28. The van der Waals surface area contributed by atoms with Crippen LogP contribution < -0.4 is 5.73 Å². The molecule has 0 spiro atoms. The van der Waals surface area contributed by atoms with Crippen LogP contribution in [0.25, 0.3) is 11.4 Å². The van der Waals surface area contributed by atoms with Gasteiger partial charge >= 0.3 is 5.97 Å². The molecule has 17 heavy (non-hydrogen) atoms. The number of carbonyl (C=O) groups is 1. The Hall–Kier alpha value is -2.50. The molecule has 3 N–H and O–H groups in total. The number of rotatable bonds is 2. The molecular weight excluding hydrogens is 225 g/mol. The highest BCUT2D eigenvalue weighted by Gasteiger charge is 2.16. The minimum atomic E-state index is -1.40. The third-order valence-corrected chi connectivity index (χ3v) is 2.16. The molecule has 0 fully saturated rings. The van der Waals surface area contributed by atoms with Crippen molar-refractivity contribution >= 4 is 11.7 Å². The molecule has 0 amide bonds. The number of aromatic nitrogens is 2. The van der Waals surface area contributed by atoms with Crippen molar-refractivity contribution in [3.8, 4) is 11.4 Å². The third-order valence-electron chi connectivity index (χ3n) is 2.16. The van der Waals surface area contributed by atoms with Crippen LogP contribution in [0, 0.1) is 5.82 Å². The Morgan fingerprint density at radius 3 is 2.47 bits per heavy atom. The molecule has 0 saturated heterocycles. The van der Waals surface area contributed by atoms with Crippen molar-refractivity contribution in [2.24, 2.45) is 0 Å². The van der Waals surface area contributed by atoms with Crippen LogP contribution in [0.1, 0.15) is 10.4 Å². The fourth-order valence-electron chi connectivity index (χ4n) is 1.43. The molecular formula is C11H8FN3O2. The smallest absolute Gasteiger partial charge is 0.340 e. The van der Waals surface area contributed by atoms with Gasteiger partial charge in [-0.25, -0.2) is 19.2 Å². The van der Waals surface area contributed by atoms with Gasteiger partial charge in [0.2, 0.25) is 0 Å². The third kappa shape index (κ3) is 2.05. The van der Waals surface area contributed by atoms with Gasteiger partial charge in [-0.05, 0) is 18.2 Å². The molecule has 6 heteroatoms. The first-order valence-electron chi connectivity index (χ1n) is 4.69. The summed E-state index contributed by atoms with van der Waals surface area (Å²) < 4.78 is 13.5. The number of aromatic carboxylic acids is 1. The number of anilines is 1. The summed E-state index contributed by atoms with van der Waals surface area (Å²) in [5.41, 5.74) is 5.13. The lowest BCUT2D eigenvalue weighted by Crippen LogP contribution is -2.06. The summed E-state index contributed by atoms with van der Waals surface area (Å²) >= 11 is 0. The zero-order valence-electron chi connectivity index (χ0n) is 8.59. The van der Waals surface area contributed by atoms with E-state index in [0.29, 0.717) is 5.56 Å². The maximum Gasteiger partial charge on any atom is 0.340 e. The van der Waals surface area contributed by atoms with Crippen molar-refractivity contribution < 1.29 is 14.3 Å². The second kappa shape index (κ2) is 4.17. The van der Waals surface area contributed by atoms with Crippen molar-refractivity contribution in [1.29, 1.82) is 0 Å². The number of benzene rings is 1. The van der Waals surface area contributed by atoms with Gasteiger partial charge in [-0.3, -0.25) is 0 Å². The number of hydrogen-bond acceptors (Lipinski definition) is 4. The zero-order chi connectivity index (χ0) is 12.4. The van der Waals surface area contributed by atoms with Gasteiger partial charge in [-0.2, -0.15) is 0 Å². The van der Waals surface area contributed by atoms with Gasteiger partial charge in [0, 0.05) is 23.6 Å². The van der Waals surface area contributed by atoms with Crippen molar-refractivity contribution in [3.05, 3.63) is 42.0 Å². The molecule has 0 aliphatic heterocycles. The summed E-state index contributed by atoms with van der Waals surface area (Å²) in [6.45, 7) is 0. The van der Waals surface area contributed by atoms with E-state index in [1.807, 2.05) is 0 Å². The Labute approximate surface area is 95.8 Å². The van der Waals surface area contributed by atoms with E-state index in [0.717, 1.165) is 6.07 Å². The summed E-state index contributed by atoms with van der Waals surface area (Å²) in [4.78, 5) is 18.6. The molecule has 2 aromatic rings. The van der Waals surface area contributed by atoms with Crippen molar-refractivity contribution in [2.75, 3.05) is 5.73 Å². The van der Waals surface area contributed by atoms with Gasteiger partial charge in [0.25, 0.3) is 0 Å². The second-order valence-corrected chi connectivity index (χ2v) is 3.30. The SMILES string of the molecule is Nc1cc(-c2ncccn2)cc(F)c1C(=O)O. The molecule has 86 valence electrons. The molecule has 0 atom stereocenters. The average molecular weight is 233 g/mol. The number of halogens is 1. The predicted molar refractivity (Wildman–Crippen MR) is 58.8 cm³/mol. The summed E-state index contributed by atoms with van der Waals surface area (Å²) in [7, 11) is 0. The van der Waals surface area contributed by atoms with Crippen LogP contribution in [0.4, 0.5) is 10.1 Å². The first-order chi connectivity index (χ1) is 8.09. The lowest BCUT2D eigenvalue weighted by molar-refractivity contribution is 0.0693. The Kier molecular flexibility index (Phi) is 2.70. The first-order valence-corrected chi connectivity index (χ1v) is 4.69. The highest BCUT2D eigenvalue weighted by Crippen LogP contribution is 2.24. The largest absolute Gasteiger partial charge is 0.478 e. The van der Waals surface area contributed by atoms with Gasteiger partial charge in [0.1, 0.15) is 11.4 Å². The molecule has 0 unspecified atom stereocenters. The monoisotopic (exact) mass is 233 g/mol. The highest BCUT2D eigenvalue weighted by atomic mass is 19.1. The number of hydrogen-bond donors (Lipinski definition) is 2. The van der Waals surface area contributed by atoms with Gasteiger partial charge < -0.3 is 10.8 Å². The summed E-state index contributed by atoms with van der Waals surface area (Å²) in [5.74, 6) is -2.02. The van der Waals surface area contributed by atoms with E-state index in [2.05, 4.69) is 9.97 Å². The molecule has 0 saturated carbocycles. The fraction of sp³-hybridized carbons (Fsp3) is 0. The van der Waals surface area contributed by atoms with Crippen molar-refractivity contribution in [1.82, 2.24) is 9.97 Å². The number of nitrogens with two attached hydrogens (primary N) is 1. The van der Waals surface area contributed by atoms with Crippen LogP contribution in [0.15, 0.2) is 30.6 Å². The van der Waals surface area contributed by atoms with Crippen LogP contribution in [0.5, 0.6) is 0 Å². The van der Waals surface area contributed by atoms with Crippen LogP contribution >= 0.6 is 0 Å². The van der Waals surface area contributed by atoms with E-state index in [-0.39, 0.29) is 11.5 Å². The molecule has 1 aromatic carbocycles. The number of nitrogen functional groups attached to an aromatic ring is 1. The Bertz CT molecular complexity index is 549. The van der Waals surface area contributed by atoms with Crippen LogP contribution in [-0.2, 0) is 0 Å². The summed E-state index contributed by atoms with van der Waals surface area (Å²) in [6.07, 6.45) is 3.00. The van der Waals surface area contributed by atoms with Gasteiger partial charge in [0.15, 0.2) is 5.82 Å². The quantitative estimate of drug-likeness (QED) is 0.768. The van der Waals surface area contributed by atoms with E-state index in [1.165, 1.54) is 18.5 Å². The molecule has 5 nitrogen and oxygen atoms in total. The lowest BCUT2D eigenvalue weighted by atomic mass is 10.1. The van der Waals surface area contributed by atoms with Gasteiger partial charge in [-0.1, -0.05) is 0 Å². The maximum absolute atomic E-state index is 13.5. The van der Waals surface area contributed by atoms with E-state index in [1.54, 1.807) is 6.07 Å². The summed E-state index contributed by atoms with van der Waals surface area (Å²) in [6, 6.07) is 4.01. The van der Waals surface area contributed by atoms with Gasteiger partial charge in [-0.15, -0.1) is 0 Å². The fourth-order valence-corrected chi connectivity index (χ4v) is 1.43. The highest BCUT2D eigenvalue weighted by molar-refractivity contribution is 5.94. The van der Waals surface area contributed by atoms with E-state index < -0.39 is 17.3 Å². The molecule has 2 rings (SSSR count). The molecule has 0 aliphatic carbocycles. The van der Waals surface area contributed by atoms with E-state index in [9.17, 15) is 9.18 Å². The standard InChI is InChI=1S/C11H8FN3O2/c12-7-4-6(10-14-2-1-3-15-10)5-8(13)9(7)11(16)17/h1-5H,13H2,(H,16,17). The van der Waals surface area contributed by atoms with E-state index >= 15 is 0 Å². The molecule has 0 radical (unpaired) electrons. The van der Waals surface area contributed by atoms with Crippen molar-refractivity contribution in [3.63, 3.8) is 0 Å². The molecule has 0 bridgehead atoms. The normalized spacial score (nSPS) is 10.2. The van der Waals surface area contributed by atoms with Gasteiger partial charge in [0.05, 0.1) is 0 Å². The minimum Gasteiger partial charge on any atom is -0.478 e. The first kappa shape index (κ1) is 11.0. The number of carboxylic acids is 1. The molecule has 0 aliphatic rings. The minimum absolute atomic E-state index is 0.153. The maximum atomic E-state index is 13.5. The predicted octanol–water partition coefficient (Wildman–Crippen LogP) is 1.56.